The quantitative estimate of drug-likeness (QED) is 0.728. The zero-order chi connectivity index (χ0) is 10.1. The summed E-state index contributed by atoms with van der Waals surface area (Å²) in [6.07, 6.45) is 0. The molecule has 0 aliphatic carbocycles. The van der Waals surface area contributed by atoms with Crippen LogP contribution in [0, 0.1) is 6.92 Å². The minimum absolute atomic E-state index is 0.0313. The van der Waals surface area contributed by atoms with E-state index in [0.717, 1.165) is 10.4 Å². The largest absolute Gasteiger partial charge is 0.288 e. The predicted molar refractivity (Wildman–Crippen MR) is 61.8 cm³/mol. The molecule has 0 saturated heterocycles. The van der Waals surface area contributed by atoms with Crippen LogP contribution in [0.5, 0.6) is 0 Å². The highest BCUT2D eigenvalue weighted by molar-refractivity contribution is 7.13. The number of halogens is 1. The number of thiophene rings is 2. The summed E-state index contributed by atoms with van der Waals surface area (Å²) in [6, 6.07) is 3.60. The molecule has 0 N–H and O–H groups in total. The first kappa shape index (κ1) is 9.90. The van der Waals surface area contributed by atoms with Crippen LogP contribution in [0.3, 0.4) is 0 Å². The van der Waals surface area contributed by atoms with E-state index in [1.807, 2.05) is 23.8 Å². The van der Waals surface area contributed by atoms with Crippen LogP contribution in [-0.4, -0.2) is 5.78 Å². The third-order valence-corrected chi connectivity index (χ3v) is 4.11. The monoisotopic (exact) mass is 242 g/mol. The maximum absolute atomic E-state index is 11.9. The molecule has 2 rings (SSSR count). The Balaban J connectivity index is 2.44. The van der Waals surface area contributed by atoms with Crippen molar-refractivity contribution in [1.29, 1.82) is 0 Å². The molecule has 1 nitrogen and oxygen atoms in total. The van der Waals surface area contributed by atoms with E-state index in [-0.39, 0.29) is 5.78 Å². The van der Waals surface area contributed by atoms with Crippen LogP contribution in [-0.2, 0) is 0 Å². The van der Waals surface area contributed by atoms with E-state index in [1.54, 1.807) is 17.4 Å². The molecule has 14 heavy (non-hydrogen) atoms. The van der Waals surface area contributed by atoms with E-state index in [1.165, 1.54) is 11.3 Å². The summed E-state index contributed by atoms with van der Waals surface area (Å²) in [5.41, 5.74) is 0.763. The van der Waals surface area contributed by atoms with Gasteiger partial charge in [0.05, 0.1) is 9.90 Å². The first-order valence-electron chi connectivity index (χ1n) is 4.02. The molecule has 0 spiro atoms. The average molecular weight is 243 g/mol. The highest BCUT2D eigenvalue weighted by Gasteiger charge is 2.16. The van der Waals surface area contributed by atoms with Gasteiger partial charge in [-0.05, 0) is 29.8 Å². The first-order chi connectivity index (χ1) is 6.70. The molecule has 2 aromatic heterocycles. The van der Waals surface area contributed by atoms with E-state index < -0.39 is 0 Å². The van der Waals surface area contributed by atoms with Gasteiger partial charge in [-0.2, -0.15) is 0 Å². The summed E-state index contributed by atoms with van der Waals surface area (Å²) in [5.74, 6) is 0.0313. The van der Waals surface area contributed by atoms with Gasteiger partial charge in [-0.15, -0.1) is 22.7 Å². The number of carbonyl (C=O) groups excluding carboxylic acids is 1. The molecule has 0 saturated carbocycles. The first-order valence-corrected chi connectivity index (χ1v) is 6.15. The Labute approximate surface area is 95.0 Å². The molecule has 0 bridgehead atoms. The Morgan fingerprint density at radius 2 is 2.00 bits per heavy atom. The Kier molecular flexibility index (Phi) is 2.72. The molecule has 0 unspecified atom stereocenters. The van der Waals surface area contributed by atoms with Gasteiger partial charge in [0.25, 0.3) is 0 Å². The summed E-state index contributed by atoms with van der Waals surface area (Å²) in [6.45, 7) is 1.94. The van der Waals surface area contributed by atoms with Crippen LogP contribution < -0.4 is 0 Å². The lowest BCUT2D eigenvalue weighted by atomic mass is 10.1. The number of hydrogen-bond donors (Lipinski definition) is 0. The van der Waals surface area contributed by atoms with E-state index >= 15 is 0 Å². The second-order valence-electron chi connectivity index (χ2n) is 2.82. The van der Waals surface area contributed by atoms with Crippen molar-refractivity contribution in [2.45, 2.75) is 6.92 Å². The van der Waals surface area contributed by atoms with Crippen LogP contribution in [0.1, 0.15) is 20.1 Å². The van der Waals surface area contributed by atoms with Crippen molar-refractivity contribution < 1.29 is 4.79 Å². The van der Waals surface area contributed by atoms with E-state index in [0.29, 0.717) is 9.90 Å². The van der Waals surface area contributed by atoms with Crippen LogP contribution >= 0.6 is 34.3 Å². The Morgan fingerprint density at radius 3 is 2.50 bits per heavy atom. The number of ketones is 1. The van der Waals surface area contributed by atoms with Gasteiger partial charge in [-0.25, -0.2) is 0 Å². The van der Waals surface area contributed by atoms with Gasteiger partial charge in [-0.3, -0.25) is 4.79 Å². The van der Waals surface area contributed by atoms with Crippen LogP contribution in [0.15, 0.2) is 22.9 Å². The molecule has 2 aromatic rings. The minimum atomic E-state index is 0.0313. The van der Waals surface area contributed by atoms with Gasteiger partial charge in [0, 0.05) is 10.4 Å². The van der Waals surface area contributed by atoms with E-state index in [2.05, 4.69) is 0 Å². The second-order valence-corrected chi connectivity index (χ2v) is 5.26. The van der Waals surface area contributed by atoms with Gasteiger partial charge >= 0.3 is 0 Å². The second kappa shape index (κ2) is 3.85. The lowest BCUT2D eigenvalue weighted by Crippen LogP contribution is -1.98. The molecule has 0 atom stereocenters. The zero-order valence-corrected chi connectivity index (χ0v) is 9.80. The summed E-state index contributed by atoms with van der Waals surface area (Å²) >= 11 is 8.86. The fourth-order valence-corrected chi connectivity index (χ4v) is 2.99. The topological polar surface area (TPSA) is 17.1 Å². The molecule has 0 aliphatic rings. The summed E-state index contributed by atoms with van der Waals surface area (Å²) in [5, 5.41) is 4.30. The van der Waals surface area contributed by atoms with Crippen molar-refractivity contribution in [1.82, 2.24) is 0 Å². The molecule has 0 aromatic carbocycles. The van der Waals surface area contributed by atoms with Crippen molar-refractivity contribution in [3.63, 3.8) is 0 Å². The third kappa shape index (κ3) is 1.63. The molecule has 0 aliphatic heterocycles. The molecule has 4 heteroatoms. The SMILES string of the molecule is Cc1sccc1C(=O)c1sccc1Cl. The van der Waals surface area contributed by atoms with Gasteiger partial charge in [0.2, 0.25) is 5.78 Å². The van der Waals surface area contributed by atoms with E-state index in [9.17, 15) is 4.79 Å². The third-order valence-electron chi connectivity index (χ3n) is 1.93. The number of carbonyl (C=O) groups is 1. The smallest absolute Gasteiger partial charge is 0.205 e. The van der Waals surface area contributed by atoms with Crippen LogP contribution in [0.25, 0.3) is 0 Å². The highest BCUT2D eigenvalue weighted by Crippen LogP contribution is 2.27. The summed E-state index contributed by atoms with van der Waals surface area (Å²) in [4.78, 5) is 13.6. The lowest BCUT2D eigenvalue weighted by Gasteiger charge is -1.96. The van der Waals surface area contributed by atoms with Crippen molar-refractivity contribution in [3.05, 3.63) is 43.2 Å². The maximum Gasteiger partial charge on any atom is 0.205 e. The molecule has 72 valence electrons. The van der Waals surface area contributed by atoms with E-state index in [4.69, 9.17) is 11.6 Å². The van der Waals surface area contributed by atoms with Crippen LogP contribution in [0.2, 0.25) is 5.02 Å². The molecular weight excluding hydrogens is 236 g/mol. The summed E-state index contributed by atoms with van der Waals surface area (Å²) < 4.78 is 0. The highest BCUT2D eigenvalue weighted by atomic mass is 35.5. The fourth-order valence-electron chi connectivity index (χ4n) is 1.20. The molecule has 2 heterocycles. The molecular formula is C10H7ClOS2. The normalized spacial score (nSPS) is 10.4. The van der Waals surface area contributed by atoms with Crippen molar-refractivity contribution in [3.8, 4) is 0 Å². The predicted octanol–water partition coefficient (Wildman–Crippen LogP) is 4.00. The Hall–Kier alpha value is -0.640. The van der Waals surface area contributed by atoms with Crippen molar-refractivity contribution in [2.24, 2.45) is 0 Å². The standard InChI is InChI=1S/C10H7ClOS2/c1-6-7(2-4-13-6)9(12)10-8(11)3-5-14-10/h2-5H,1H3. The number of aryl methyl sites for hydroxylation is 1. The molecule has 0 fully saturated rings. The van der Waals surface area contributed by atoms with Crippen molar-refractivity contribution in [2.75, 3.05) is 0 Å². The van der Waals surface area contributed by atoms with Gasteiger partial charge < -0.3 is 0 Å². The lowest BCUT2D eigenvalue weighted by molar-refractivity contribution is 0.104. The van der Waals surface area contributed by atoms with Gasteiger partial charge in [0.15, 0.2) is 0 Å². The average Bonchev–Trinajstić information content (AvgIpc) is 2.73. The molecule has 0 radical (unpaired) electrons. The molecule has 0 amide bonds. The number of rotatable bonds is 2. The van der Waals surface area contributed by atoms with Crippen molar-refractivity contribution >= 4 is 40.1 Å². The minimum Gasteiger partial charge on any atom is -0.288 e. The van der Waals surface area contributed by atoms with Crippen LogP contribution in [0.4, 0.5) is 0 Å². The fraction of sp³-hybridized carbons (Fsp3) is 0.100. The number of hydrogen-bond acceptors (Lipinski definition) is 3. The summed E-state index contributed by atoms with van der Waals surface area (Å²) in [7, 11) is 0. The van der Waals surface area contributed by atoms with Gasteiger partial charge in [0.1, 0.15) is 0 Å². The maximum atomic E-state index is 11.9. The Bertz CT molecular complexity index is 428. The van der Waals surface area contributed by atoms with Gasteiger partial charge in [-0.1, -0.05) is 11.6 Å². The Morgan fingerprint density at radius 1 is 1.29 bits per heavy atom. The zero-order valence-electron chi connectivity index (χ0n) is 7.41.